The number of nitrogens with two attached hydrogens (primary N) is 1. The van der Waals surface area contributed by atoms with Gasteiger partial charge in [0.15, 0.2) is 6.10 Å². The van der Waals surface area contributed by atoms with E-state index in [0.717, 1.165) is 12.1 Å². The molecule has 1 amide bonds. The lowest BCUT2D eigenvalue weighted by Crippen LogP contribution is -2.36. The first-order valence-electron chi connectivity index (χ1n) is 4.66. The number of anilines is 1. The molecule has 0 fully saturated rings. The summed E-state index contributed by atoms with van der Waals surface area (Å²) >= 11 is 0. The SMILES string of the molecule is Nc1ccc(F)cc1C(=O)NC[C@H](O)C(=O)O. The van der Waals surface area contributed by atoms with Crippen molar-refractivity contribution in [3.63, 3.8) is 0 Å². The van der Waals surface area contributed by atoms with Gasteiger partial charge in [-0.1, -0.05) is 0 Å². The van der Waals surface area contributed by atoms with Crippen molar-refractivity contribution in [1.82, 2.24) is 5.32 Å². The summed E-state index contributed by atoms with van der Waals surface area (Å²) in [5, 5.41) is 19.4. The molecular formula is C10H11FN2O4. The number of carbonyl (C=O) groups is 2. The van der Waals surface area contributed by atoms with Crippen molar-refractivity contribution in [1.29, 1.82) is 0 Å². The van der Waals surface area contributed by atoms with Crippen LogP contribution < -0.4 is 11.1 Å². The number of carbonyl (C=O) groups excluding carboxylic acids is 1. The number of rotatable bonds is 4. The number of carboxylic acids is 1. The van der Waals surface area contributed by atoms with Crippen LogP contribution in [0.5, 0.6) is 0 Å². The first-order valence-corrected chi connectivity index (χ1v) is 4.66. The number of hydrogen-bond donors (Lipinski definition) is 4. The zero-order valence-corrected chi connectivity index (χ0v) is 8.68. The maximum atomic E-state index is 12.9. The molecule has 0 spiro atoms. The Hall–Kier alpha value is -2.15. The van der Waals surface area contributed by atoms with Gasteiger partial charge in [0.25, 0.3) is 5.91 Å². The zero-order chi connectivity index (χ0) is 13.0. The normalized spacial score (nSPS) is 11.9. The zero-order valence-electron chi connectivity index (χ0n) is 8.68. The fraction of sp³-hybridized carbons (Fsp3) is 0.200. The van der Waals surface area contributed by atoms with Gasteiger partial charge in [0.2, 0.25) is 0 Å². The number of benzene rings is 1. The lowest BCUT2D eigenvalue weighted by Gasteiger charge is -2.09. The van der Waals surface area contributed by atoms with Gasteiger partial charge in [0.1, 0.15) is 5.82 Å². The summed E-state index contributed by atoms with van der Waals surface area (Å²) in [6, 6.07) is 3.24. The smallest absolute Gasteiger partial charge is 0.334 e. The van der Waals surface area contributed by atoms with Crippen LogP contribution in [0, 0.1) is 5.82 Å². The van der Waals surface area contributed by atoms with Gasteiger partial charge in [-0.3, -0.25) is 4.79 Å². The van der Waals surface area contributed by atoms with E-state index < -0.39 is 30.3 Å². The molecule has 17 heavy (non-hydrogen) atoms. The van der Waals surface area contributed by atoms with Gasteiger partial charge in [-0.05, 0) is 18.2 Å². The first-order chi connectivity index (χ1) is 7.91. The molecule has 0 unspecified atom stereocenters. The van der Waals surface area contributed by atoms with Crippen LogP contribution >= 0.6 is 0 Å². The molecule has 0 saturated carbocycles. The average molecular weight is 242 g/mol. The van der Waals surface area contributed by atoms with Crippen molar-refractivity contribution in [2.24, 2.45) is 0 Å². The minimum atomic E-state index is -1.71. The summed E-state index contributed by atoms with van der Waals surface area (Å²) in [5.74, 6) is -2.84. The molecule has 1 atom stereocenters. The van der Waals surface area contributed by atoms with Crippen molar-refractivity contribution >= 4 is 17.6 Å². The molecule has 6 nitrogen and oxygen atoms in total. The van der Waals surface area contributed by atoms with E-state index in [1.54, 1.807) is 0 Å². The number of nitrogens with one attached hydrogen (secondary N) is 1. The lowest BCUT2D eigenvalue weighted by atomic mass is 10.1. The monoisotopic (exact) mass is 242 g/mol. The number of amides is 1. The summed E-state index contributed by atoms with van der Waals surface area (Å²) in [7, 11) is 0. The number of aliphatic hydroxyl groups excluding tert-OH is 1. The number of nitrogen functional groups attached to an aromatic ring is 1. The maximum absolute atomic E-state index is 12.9. The molecule has 1 aromatic carbocycles. The molecule has 0 aliphatic rings. The highest BCUT2D eigenvalue weighted by atomic mass is 19.1. The topological polar surface area (TPSA) is 113 Å². The van der Waals surface area contributed by atoms with Crippen molar-refractivity contribution in [3.8, 4) is 0 Å². The van der Waals surface area contributed by atoms with Gasteiger partial charge in [-0.25, -0.2) is 9.18 Å². The first kappa shape index (κ1) is 12.9. The molecule has 0 aromatic heterocycles. The van der Waals surface area contributed by atoms with E-state index in [1.165, 1.54) is 6.07 Å². The van der Waals surface area contributed by atoms with Crippen LogP contribution in [0.15, 0.2) is 18.2 Å². The van der Waals surface area contributed by atoms with Crippen LogP contribution in [0.3, 0.4) is 0 Å². The standard InChI is InChI=1S/C10H11FN2O4/c11-5-1-2-7(12)6(3-5)9(15)13-4-8(14)10(16)17/h1-3,8,14H,4,12H2,(H,13,15)(H,16,17)/t8-/m0/s1. The Morgan fingerprint density at radius 3 is 2.71 bits per heavy atom. The Bertz CT molecular complexity index is 450. The van der Waals surface area contributed by atoms with E-state index in [1.807, 2.05) is 0 Å². The minimum absolute atomic E-state index is 0.0636. The van der Waals surface area contributed by atoms with Crippen LogP contribution in [0.1, 0.15) is 10.4 Å². The van der Waals surface area contributed by atoms with E-state index >= 15 is 0 Å². The summed E-state index contributed by atoms with van der Waals surface area (Å²) in [6.45, 7) is -0.482. The van der Waals surface area contributed by atoms with Gasteiger partial charge in [-0.15, -0.1) is 0 Å². The number of carboxylic acid groups (broad SMARTS) is 1. The second-order valence-electron chi connectivity index (χ2n) is 3.30. The highest BCUT2D eigenvalue weighted by molar-refractivity contribution is 5.99. The molecule has 0 saturated heterocycles. The molecule has 0 heterocycles. The molecule has 92 valence electrons. The molecule has 5 N–H and O–H groups in total. The lowest BCUT2D eigenvalue weighted by molar-refractivity contribution is -0.146. The Balaban J connectivity index is 2.70. The highest BCUT2D eigenvalue weighted by Gasteiger charge is 2.16. The predicted octanol–water partition coefficient (Wildman–Crippen LogP) is -0.417. The van der Waals surface area contributed by atoms with E-state index in [-0.39, 0.29) is 11.3 Å². The van der Waals surface area contributed by atoms with Crippen molar-refractivity contribution in [2.75, 3.05) is 12.3 Å². The Morgan fingerprint density at radius 2 is 2.12 bits per heavy atom. The summed E-state index contributed by atoms with van der Waals surface area (Å²) < 4.78 is 12.9. The third kappa shape index (κ3) is 3.42. The van der Waals surface area contributed by atoms with Gasteiger partial charge in [0.05, 0.1) is 12.1 Å². The van der Waals surface area contributed by atoms with Gasteiger partial charge in [-0.2, -0.15) is 0 Å². The molecular weight excluding hydrogens is 231 g/mol. The second kappa shape index (κ2) is 5.26. The maximum Gasteiger partial charge on any atom is 0.334 e. The second-order valence-corrected chi connectivity index (χ2v) is 3.30. The molecule has 1 rings (SSSR count). The number of hydrogen-bond acceptors (Lipinski definition) is 4. The van der Waals surface area contributed by atoms with Crippen LogP contribution in [-0.2, 0) is 4.79 Å². The van der Waals surface area contributed by atoms with E-state index in [0.29, 0.717) is 0 Å². The van der Waals surface area contributed by atoms with Crippen LogP contribution in [-0.4, -0.2) is 34.7 Å². The summed E-state index contributed by atoms with van der Waals surface area (Å²) in [4.78, 5) is 21.8. The Kier molecular flexibility index (Phi) is 4.00. The summed E-state index contributed by atoms with van der Waals surface area (Å²) in [5.41, 5.74) is 5.41. The fourth-order valence-corrected chi connectivity index (χ4v) is 1.10. The van der Waals surface area contributed by atoms with Crippen molar-refractivity contribution in [2.45, 2.75) is 6.10 Å². The van der Waals surface area contributed by atoms with Crippen LogP contribution in [0.4, 0.5) is 10.1 Å². The van der Waals surface area contributed by atoms with Crippen LogP contribution in [0.2, 0.25) is 0 Å². The van der Waals surface area contributed by atoms with Crippen molar-refractivity contribution in [3.05, 3.63) is 29.6 Å². The third-order valence-corrected chi connectivity index (χ3v) is 2.00. The largest absolute Gasteiger partial charge is 0.479 e. The number of aliphatic carboxylic acids is 1. The van der Waals surface area contributed by atoms with Gasteiger partial charge < -0.3 is 21.3 Å². The summed E-state index contributed by atoms with van der Waals surface area (Å²) in [6.07, 6.45) is -1.71. The minimum Gasteiger partial charge on any atom is -0.479 e. The van der Waals surface area contributed by atoms with E-state index in [2.05, 4.69) is 5.32 Å². The van der Waals surface area contributed by atoms with Gasteiger partial charge in [0, 0.05) is 5.69 Å². The van der Waals surface area contributed by atoms with Crippen LogP contribution in [0.25, 0.3) is 0 Å². The molecule has 0 bridgehead atoms. The molecule has 0 aliphatic carbocycles. The third-order valence-electron chi connectivity index (χ3n) is 2.00. The quantitative estimate of drug-likeness (QED) is 0.536. The van der Waals surface area contributed by atoms with Crippen molar-refractivity contribution < 1.29 is 24.2 Å². The van der Waals surface area contributed by atoms with E-state index in [9.17, 15) is 14.0 Å². The average Bonchev–Trinajstić information content (AvgIpc) is 2.28. The molecule has 0 radical (unpaired) electrons. The van der Waals surface area contributed by atoms with E-state index in [4.69, 9.17) is 15.9 Å². The highest BCUT2D eigenvalue weighted by Crippen LogP contribution is 2.12. The Morgan fingerprint density at radius 1 is 1.47 bits per heavy atom. The molecule has 1 aromatic rings. The molecule has 0 aliphatic heterocycles. The van der Waals surface area contributed by atoms with Gasteiger partial charge >= 0.3 is 5.97 Å². The Labute approximate surface area is 95.9 Å². The fourth-order valence-electron chi connectivity index (χ4n) is 1.10. The molecule has 7 heteroatoms. The number of halogens is 1. The predicted molar refractivity (Wildman–Crippen MR) is 56.8 cm³/mol. The number of aliphatic hydroxyl groups is 1.